The van der Waals surface area contributed by atoms with Crippen molar-refractivity contribution in [2.75, 3.05) is 0 Å². The largest absolute Gasteiger partial charge is 0.437 e. The van der Waals surface area contributed by atoms with E-state index in [1.165, 1.54) is 23.5 Å². The smallest absolute Gasteiger partial charge is 0.363 e. The molecular weight excluding hydrogens is 369 g/mol. The van der Waals surface area contributed by atoms with Crippen LogP contribution >= 0.6 is 11.3 Å². The summed E-state index contributed by atoms with van der Waals surface area (Å²) in [6.45, 7) is 1.77. The molecule has 1 aliphatic heterocycles. The number of rotatable bonds is 3. The number of carbonyl (C=O) groups is 2. The van der Waals surface area contributed by atoms with Crippen LogP contribution in [0.5, 0.6) is 0 Å². The molecule has 1 aromatic heterocycles. The Morgan fingerprint density at radius 1 is 1.23 bits per heavy atom. The maximum absolute atomic E-state index is 13.7. The number of amides is 2. The number of aryl methyl sites for hydroxylation is 1. The minimum Gasteiger partial charge on any atom is -0.363 e. The predicted octanol–water partition coefficient (Wildman–Crippen LogP) is 3.16. The molecule has 138 valence electrons. The van der Waals surface area contributed by atoms with Crippen molar-refractivity contribution in [2.24, 2.45) is 5.92 Å². The van der Waals surface area contributed by atoms with E-state index in [0.29, 0.717) is 4.88 Å². The number of halogens is 3. The summed E-state index contributed by atoms with van der Waals surface area (Å²) in [5, 5.41) is 15.8. The fourth-order valence-electron chi connectivity index (χ4n) is 2.94. The standard InChI is InChI=1S/C17H15F3N2O3S/c1-9-4-6-10(7-5-9)14(23)12-13(11-3-2-8-26-11)21-15(24)22-16(12,25)17(18,19)20/h2-8,12-13,25H,1H3,(H2,21,22,24)/t12-,13-,16-/m1/s1. The van der Waals surface area contributed by atoms with Gasteiger partial charge < -0.3 is 15.7 Å². The Balaban J connectivity index is 2.13. The molecule has 0 aliphatic carbocycles. The quantitative estimate of drug-likeness (QED) is 0.712. The van der Waals surface area contributed by atoms with Crippen LogP contribution in [0.2, 0.25) is 0 Å². The van der Waals surface area contributed by atoms with Crippen molar-refractivity contribution >= 4 is 23.2 Å². The lowest BCUT2D eigenvalue weighted by atomic mass is 9.79. The number of urea groups is 1. The van der Waals surface area contributed by atoms with Gasteiger partial charge in [-0.05, 0) is 18.4 Å². The van der Waals surface area contributed by atoms with Gasteiger partial charge >= 0.3 is 12.2 Å². The third-order valence-electron chi connectivity index (χ3n) is 4.27. The number of aliphatic hydroxyl groups is 1. The van der Waals surface area contributed by atoms with Crippen LogP contribution in [-0.4, -0.2) is 28.8 Å². The molecule has 3 N–H and O–H groups in total. The molecule has 9 heteroatoms. The number of thiophene rings is 1. The van der Waals surface area contributed by atoms with Crippen LogP contribution in [0.15, 0.2) is 41.8 Å². The van der Waals surface area contributed by atoms with E-state index in [1.54, 1.807) is 30.5 Å². The summed E-state index contributed by atoms with van der Waals surface area (Å²) in [6, 6.07) is 6.57. The topological polar surface area (TPSA) is 78.4 Å². The van der Waals surface area contributed by atoms with E-state index in [4.69, 9.17) is 0 Å². The molecular formula is C17H15F3N2O3S. The predicted molar refractivity (Wildman–Crippen MR) is 88.7 cm³/mol. The van der Waals surface area contributed by atoms with Crippen molar-refractivity contribution in [1.82, 2.24) is 10.6 Å². The van der Waals surface area contributed by atoms with Crippen LogP contribution in [-0.2, 0) is 0 Å². The molecule has 0 unspecified atom stereocenters. The van der Waals surface area contributed by atoms with Gasteiger partial charge in [0.1, 0.15) is 5.92 Å². The first-order valence-corrected chi connectivity index (χ1v) is 8.53. The average Bonchev–Trinajstić information content (AvgIpc) is 3.07. The minimum atomic E-state index is -5.24. The molecule has 1 aliphatic rings. The highest BCUT2D eigenvalue weighted by Gasteiger charge is 2.66. The molecule has 2 heterocycles. The SMILES string of the molecule is Cc1ccc(C(=O)[C@H]2[C@@H](c3cccs3)NC(=O)N[C@]2(O)C(F)(F)F)cc1. The first-order valence-electron chi connectivity index (χ1n) is 7.65. The summed E-state index contributed by atoms with van der Waals surface area (Å²) in [5.74, 6) is -2.91. The molecule has 2 aromatic rings. The lowest BCUT2D eigenvalue weighted by Crippen LogP contribution is -2.72. The number of alkyl halides is 3. The van der Waals surface area contributed by atoms with Gasteiger partial charge in [-0.25, -0.2) is 4.79 Å². The van der Waals surface area contributed by atoms with Crippen molar-refractivity contribution in [3.63, 3.8) is 0 Å². The molecule has 0 saturated carbocycles. The van der Waals surface area contributed by atoms with Gasteiger partial charge in [-0.15, -0.1) is 11.3 Å². The summed E-state index contributed by atoms with van der Waals surface area (Å²) >= 11 is 1.09. The lowest BCUT2D eigenvalue weighted by molar-refractivity contribution is -0.287. The van der Waals surface area contributed by atoms with E-state index >= 15 is 0 Å². The van der Waals surface area contributed by atoms with Crippen molar-refractivity contribution in [3.8, 4) is 0 Å². The van der Waals surface area contributed by atoms with Gasteiger partial charge in [0, 0.05) is 10.4 Å². The van der Waals surface area contributed by atoms with Crippen LogP contribution in [0.3, 0.4) is 0 Å². The first-order chi connectivity index (χ1) is 12.1. The summed E-state index contributed by atoms with van der Waals surface area (Å²) in [5.41, 5.74) is -2.84. The van der Waals surface area contributed by atoms with Crippen molar-refractivity contribution in [1.29, 1.82) is 0 Å². The number of hydrogen-bond donors (Lipinski definition) is 3. The lowest BCUT2D eigenvalue weighted by Gasteiger charge is -2.44. The highest BCUT2D eigenvalue weighted by atomic mass is 32.1. The van der Waals surface area contributed by atoms with Crippen LogP contribution in [0.25, 0.3) is 0 Å². The number of ketones is 1. The van der Waals surface area contributed by atoms with Gasteiger partial charge in [-0.2, -0.15) is 13.2 Å². The van der Waals surface area contributed by atoms with E-state index in [-0.39, 0.29) is 5.56 Å². The first kappa shape index (κ1) is 18.4. The number of Topliss-reactive ketones (excluding diaryl/α,β-unsaturated/α-hetero) is 1. The Labute approximate surface area is 150 Å². The third-order valence-corrected chi connectivity index (χ3v) is 5.23. The van der Waals surface area contributed by atoms with E-state index in [2.05, 4.69) is 5.32 Å². The van der Waals surface area contributed by atoms with Crippen molar-refractivity contribution in [2.45, 2.75) is 24.9 Å². The van der Waals surface area contributed by atoms with Crippen molar-refractivity contribution in [3.05, 3.63) is 57.8 Å². The number of hydrogen-bond acceptors (Lipinski definition) is 4. The molecule has 0 radical (unpaired) electrons. The molecule has 3 atom stereocenters. The Morgan fingerprint density at radius 2 is 1.88 bits per heavy atom. The second kappa shape index (κ2) is 6.40. The molecule has 0 bridgehead atoms. The minimum absolute atomic E-state index is 0.0165. The normalized spacial score (nSPS) is 26.1. The zero-order chi connectivity index (χ0) is 19.1. The summed E-state index contributed by atoms with van der Waals surface area (Å²) < 4.78 is 41.0. The van der Waals surface area contributed by atoms with Crippen LogP contribution in [0.4, 0.5) is 18.0 Å². The highest BCUT2D eigenvalue weighted by Crippen LogP contribution is 2.44. The average molecular weight is 384 g/mol. The van der Waals surface area contributed by atoms with Gasteiger partial charge in [0.25, 0.3) is 0 Å². The molecule has 1 aromatic carbocycles. The van der Waals surface area contributed by atoms with Gasteiger partial charge in [-0.3, -0.25) is 4.79 Å². The second-order valence-electron chi connectivity index (χ2n) is 6.06. The van der Waals surface area contributed by atoms with Gasteiger partial charge in [0.15, 0.2) is 5.78 Å². The molecule has 0 spiro atoms. The van der Waals surface area contributed by atoms with Gasteiger partial charge in [0.2, 0.25) is 5.72 Å². The van der Waals surface area contributed by atoms with E-state index < -0.39 is 35.7 Å². The molecule has 2 amide bonds. The summed E-state index contributed by atoms with van der Waals surface area (Å²) in [7, 11) is 0. The maximum Gasteiger partial charge on any atom is 0.437 e. The third kappa shape index (κ3) is 3.08. The molecule has 1 fully saturated rings. The Hall–Kier alpha value is -2.39. The van der Waals surface area contributed by atoms with E-state index in [0.717, 1.165) is 16.9 Å². The maximum atomic E-state index is 13.7. The molecule has 5 nitrogen and oxygen atoms in total. The number of carbonyl (C=O) groups excluding carboxylic acids is 2. The number of nitrogens with one attached hydrogen (secondary N) is 2. The monoisotopic (exact) mass is 384 g/mol. The van der Waals surface area contributed by atoms with Crippen LogP contribution < -0.4 is 10.6 Å². The molecule has 26 heavy (non-hydrogen) atoms. The van der Waals surface area contributed by atoms with Gasteiger partial charge in [-0.1, -0.05) is 35.9 Å². The fourth-order valence-corrected chi connectivity index (χ4v) is 3.76. The van der Waals surface area contributed by atoms with Crippen LogP contribution in [0.1, 0.15) is 26.8 Å². The molecule has 3 rings (SSSR count). The Bertz CT molecular complexity index is 821. The van der Waals surface area contributed by atoms with Gasteiger partial charge in [0.05, 0.1) is 6.04 Å². The zero-order valence-corrected chi connectivity index (χ0v) is 14.3. The Morgan fingerprint density at radius 3 is 2.42 bits per heavy atom. The second-order valence-corrected chi connectivity index (χ2v) is 7.04. The van der Waals surface area contributed by atoms with E-state index in [9.17, 15) is 27.9 Å². The van der Waals surface area contributed by atoms with Crippen LogP contribution in [0, 0.1) is 12.8 Å². The van der Waals surface area contributed by atoms with E-state index in [1.807, 2.05) is 0 Å². The fraction of sp³-hybridized carbons (Fsp3) is 0.294. The zero-order valence-electron chi connectivity index (χ0n) is 13.5. The number of benzene rings is 1. The highest BCUT2D eigenvalue weighted by molar-refractivity contribution is 7.10. The molecule has 1 saturated heterocycles. The summed E-state index contributed by atoms with van der Waals surface area (Å²) in [4.78, 5) is 25.1. The Kier molecular flexibility index (Phi) is 4.53. The summed E-state index contributed by atoms with van der Waals surface area (Å²) in [6.07, 6.45) is -5.24. The van der Waals surface area contributed by atoms with Crippen molar-refractivity contribution < 1.29 is 27.9 Å².